The zero-order valence-electron chi connectivity index (χ0n) is 16.6. The molecule has 0 unspecified atom stereocenters. The van der Waals surface area contributed by atoms with Gasteiger partial charge in [-0.05, 0) is 71.4 Å². The molecule has 156 valence electrons. The van der Waals surface area contributed by atoms with Crippen LogP contribution in [0.15, 0.2) is 95.9 Å². The van der Waals surface area contributed by atoms with E-state index < -0.39 is 10.0 Å². The summed E-state index contributed by atoms with van der Waals surface area (Å²) in [6.45, 7) is 0. The molecule has 1 N–H and O–H groups in total. The Balaban J connectivity index is 1.51. The number of nitrogens with one attached hydrogen (secondary N) is 1. The highest BCUT2D eigenvalue weighted by Crippen LogP contribution is 2.24. The SMILES string of the molecule is CN(c1ccc(C(=O)Nc2ccc3ccccc3c2)cc1)S(=O)(=O)c1ccc(Cl)cc1. The first-order valence-corrected chi connectivity index (χ1v) is 11.3. The van der Waals surface area contributed by atoms with Crippen molar-refractivity contribution in [2.24, 2.45) is 0 Å². The van der Waals surface area contributed by atoms with Gasteiger partial charge in [-0.2, -0.15) is 0 Å². The number of benzene rings is 4. The average molecular weight is 451 g/mol. The van der Waals surface area contributed by atoms with E-state index in [4.69, 9.17) is 11.6 Å². The van der Waals surface area contributed by atoms with Gasteiger partial charge in [0.2, 0.25) is 0 Å². The molecule has 0 aliphatic carbocycles. The van der Waals surface area contributed by atoms with Gasteiger partial charge in [0.25, 0.3) is 15.9 Å². The van der Waals surface area contributed by atoms with Gasteiger partial charge in [-0.3, -0.25) is 9.10 Å². The van der Waals surface area contributed by atoms with Crippen LogP contribution in [-0.4, -0.2) is 21.4 Å². The molecule has 5 nitrogen and oxygen atoms in total. The summed E-state index contributed by atoms with van der Waals surface area (Å²) in [7, 11) is -2.27. The Bertz CT molecular complexity index is 1350. The van der Waals surface area contributed by atoms with Crippen molar-refractivity contribution in [1.82, 2.24) is 0 Å². The summed E-state index contributed by atoms with van der Waals surface area (Å²) in [5, 5.41) is 5.46. The van der Waals surface area contributed by atoms with E-state index in [1.54, 1.807) is 24.3 Å². The molecular weight excluding hydrogens is 432 g/mol. The third kappa shape index (κ3) is 4.40. The van der Waals surface area contributed by atoms with Gasteiger partial charge in [-0.1, -0.05) is 41.9 Å². The first kappa shape index (κ1) is 20.9. The Kier molecular flexibility index (Phi) is 5.67. The van der Waals surface area contributed by atoms with Crippen molar-refractivity contribution in [2.75, 3.05) is 16.7 Å². The van der Waals surface area contributed by atoms with Crippen LogP contribution in [0.1, 0.15) is 10.4 Å². The highest BCUT2D eigenvalue weighted by molar-refractivity contribution is 7.92. The van der Waals surface area contributed by atoms with Crippen molar-refractivity contribution in [3.05, 3.63) is 102 Å². The van der Waals surface area contributed by atoms with E-state index in [0.717, 1.165) is 10.8 Å². The van der Waals surface area contributed by atoms with Crippen LogP contribution >= 0.6 is 11.6 Å². The van der Waals surface area contributed by atoms with E-state index in [-0.39, 0.29) is 10.8 Å². The van der Waals surface area contributed by atoms with Gasteiger partial charge in [-0.15, -0.1) is 0 Å². The van der Waals surface area contributed by atoms with E-state index in [2.05, 4.69) is 5.32 Å². The molecule has 4 aromatic carbocycles. The van der Waals surface area contributed by atoms with Crippen molar-refractivity contribution in [3.8, 4) is 0 Å². The first-order chi connectivity index (χ1) is 14.8. The molecule has 0 fully saturated rings. The molecule has 0 radical (unpaired) electrons. The Hall–Kier alpha value is -3.35. The van der Waals surface area contributed by atoms with Crippen LogP contribution in [0.3, 0.4) is 0 Å². The van der Waals surface area contributed by atoms with Crippen molar-refractivity contribution < 1.29 is 13.2 Å². The quantitative estimate of drug-likeness (QED) is 0.432. The van der Waals surface area contributed by atoms with Gasteiger partial charge in [0.05, 0.1) is 10.6 Å². The Morgan fingerprint density at radius 3 is 2.16 bits per heavy atom. The number of nitrogens with zero attached hydrogens (tertiary/aromatic N) is 1. The minimum atomic E-state index is -3.74. The van der Waals surface area contributed by atoms with Crippen LogP contribution in [-0.2, 0) is 10.0 Å². The number of amides is 1. The third-order valence-corrected chi connectivity index (χ3v) is 7.02. The predicted octanol–water partition coefficient (Wildman–Crippen LogP) is 5.57. The number of hydrogen-bond donors (Lipinski definition) is 1. The second-order valence-corrected chi connectivity index (χ2v) is 9.40. The molecule has 1 amide bonds. The summed E-state index contributed by atoms with van der Waals surface area (Å²) in [5.41, 5.74) is 1.56. The molecule has 0 saturated heterocycles. The summed E-state index contributed by atoms with van der Waals surface area (Å²) >= 11 is 5.85. The van der Waals surface area contributed by atoms with E-state index in [1.165, 1.54) is 35.6 Å². The molecule has 0 bridgehead atoms. The number of rotatable bonds is 5. The highest BCUT2D eigenvalue weighted by atomic mass is 35.5. The van der Waals surface area contributed by atoms with E-state index in [0.29, 0.717) is 22.0 Å². The third-order valence-electron chi connectivity index (χ3n) is 4.97. The fourth-order valence-electron chi connectivity index (χ4n) is 3.20. The van der Waals surface area contributed by atoms with E-state index in [1.807, 2.05) is 42.5 Å². The molecular formula is C24H19ClN2O3S. The van der Waals surface area contributed by atoms with E-state index >= 15 is 0 Å². The molecule has 0 heterocycles. The van der Waals surface area contributed by atoms with Crippen LogP contribution in [0.4, 0.5) is 11.4 Å². The number of carbonyl (C=O) groups excluding carboxylic acids is 1. The molecule has 0 aromatic heterocycles. The molecule has 31 heavy (non-hydrogen) atoms. The predicted molar refractivity (Wildman–Crippen MR) is 125 cm³/mol. The summed E-state index contributed by atoms with van der Waals surface area (Å²) in [5.74, 6) is -0.273. The minimum Gasteiger partial charge on any atom is -0.322 e. The lowest BCUT2D eigenvalue weighted by molar-refractivity contribution is 0.102. The van der Waals surface area contributed by atoms with Gasteiger partial charge >= 0.3 is 0 Å². The topological polar surface area (TPSA) is 66.5 Å². The average Bonchev–Trinajstić information content (AvgIpc) is 2.79. The number of halogens is 1. The smallest absolute Gasteiger partial charge is 0.264 e. The fourth-order valence-corrected chi connectivity index (χ4v) is 4.52. The molecule has 4 aromatic rings. The maximum atomic E-state index is 12.8. The Morgan fingerprint density at radius 1 is 0.839 bits per heavy atom. The number of carbonyl (C=O) groups is 1. The molecule has 7 heteroatoms. The number of sulfonamides is 1. The van der Waals surface area contributed by atoms with Gasteiger partial charge in [0.15, 0.2) is 0 Å². The van der Waals surface area contributed by atoms with Gasteiger partial charge in [0.1, 0.15) is 0 Å². The van der Waals surface area contributed by atoms with Crippen molar-refractivity contribution >= 4 is 49.7 Å². The summed E-state index contributed by atoms with van der Waals surface area (Å²) in [6.07, 6.45) is 0. The Morgan fingerprint density at radius 2 is 1.48 bits per heavy atom. The summed E-state index contributed by atoms with van der Waals surface area (Å²) in [6, 6.07) is 26.0. The second-order valence-electron chi connectivity index (χ2n) is 6.99. The monoisotopic (exact) mass is 450 g/mol. The highest BCUT2D eigenvalue weighted by Gasteiger charge is 2.21. The maximum absolute atomic E-state index is 12.8. The number of fused-ring (bicyclic) bond motifs is 1. The van der Waals surface area contributed by atoms with Crippen molar-refractivity contribution in [3.63, 3.8) is 0 Å². The number of hydrogen-bond acceptors (Lipinski definition) is 3. The van der Waals surface area contributed by atoms with Gasteiger partial charge in [-0.25, -0.2) is 8.42 Å². The normalized spacial score (nSPS) is 11.3. The Labute approximate surface area is 185 Å². The molecule has 0 atom stereocenters. The van der Waals surface area contributed by atoms with Crippen molar-refractivity contribution in [2.45, 2.75) is 4.90 Å². The van der Waals surface area contributed by atoms with Crippen LogP contribution < -0.4 is 9.62 Å². The van der Waals surface area contributed by atoms with Crippen LogP contribution in [0, 0.1) is 0 Å². The standard InChI is InChI=1S/C24H19ClN2O3S/c1-27(31(29,30)23-14-9-20(25)10-15-23)22-12-7-18(8-13-22)24(28)26-21-11-6-17-4-2-3-5-19(17)16-21/h2-16H,1H3,(H,26,28). The van der Waals surface area contributed by atoms with Gasteiger partial charge in [0, 0.05) is 23.3 Å². The lowest BCUT2D eigenvalue weighted by atomic mass is 10.1. The van der Waals surface area contributed by atoms with Crippen molar-refractivity contribution in [1.29, 1.82) is 0 Å². The van der Waals surface area contributed by atoms with Crippen LogP contribution in [0.2, 0.25) is 5.02 Å². The first-order valence-electron chi connectivity index (χ1n) is 9.49. The summed E-state index contributed by atoms with van der Waals surface area (Å²) in [4.78, 5) is 12.8. The minimum absolute atomic E-state index is 0.137. The molecule has 0 saturated carbocycles. The molecule has 4 rings (SSSR count). The molecule has 0 aliphatic rings. The lowest BCUT2D eigenvalue weighted by Gasteiger charge is -2.20. The fraction of sp³-hybridized carbons (Fsp3) is 0.0417. The lowest BCUT2D eigenvalue weighted by Crippen LogP contribution is -2.26. The maximum Gasteiger partial charge on any atom is 0.264 e. The zero-order chi connectivity index (χ0) is 22.0. The molecule has 0 spiro atoms. The van der Waals surface area contributed by atoms with Crippen LogP contribution in [0.25, 0.3) is 10.8 Å². The second kappa shape index (κ2) is 8.41. The van der Waals surface area contributed by atoms with E-state index in [9.17, 15) is 13.2 Å². The number of anilines is 2. The largest absolute Gasteiger partial charge is 0.322 e. The molecule has 0 aliphatic heterocycles. The zero-order valence-corrected chi connectivity index (χ0v) is 18.2. The summed E-state index contributed by atoms with van der Waals surface area (Å²) < 4.78 is 26.8. The van der Waals surface area contributed by atoms with Crippen LogP contribution in [0.5, 0.6) is 0 Å². The van der Waals surface area contributed by atoms with Gasteiger partial charge < -0.3 is 5.32 Å².